The van der Waals surface area contributed by atoms with Crippen molar-refractivity contribution in [1.82, 2.24) is 9.80 Å². The molecule has 0 aromatic heterocycles. The van der Waals surface area contributed by atoms with Gasteiger partial charge in [-0.2, -0.15) is 0 Å². The number of morpholine rings is 1. The quantitative estimate of drug-likeness (QED) is 0.452. The zero-order valence-electron chi connectivity index (χ0n) is 21.3. The summed E-state index contributed by atoms with van der Waals surface area (Å²) in [5, 5.41) is 10.4. The summed E-state index contributed by atoms with van der Waals surface area (Å²) in [7, 11) is 0. The van der Waals surface area contributed by atoms with Crippen molar-refractivity contribution in [3.8, 4) is 5.75 Å². The molecule has 2 heterocycles. The van der Waals surface area contributed by atoms with Crippen LogP contribution in [0.1, 0.15) is 50.2 Å². The number of aryl methyl sites for hydroxylation is 1. The number of hydrogen-bond donors (Lipinski definition) is 1. The molecule has 2 amide bonds. The highest BCUT2D eigenvalue weighted by Gasteiger charge is 2.42. The average Bonchev–Trinajstić information content (AvgIpc) is 2.92. The highest BCUT2D eigenvalue weighted by atomic mass is 79.9. The van der Waals surface area contributed by atoms with Crippen LogP contribution in [0.15, 0.2) is 65.1 Å². The molecule has 0 unspecified atom stereocenters. The van der Waals surface area contributed by atoms with E-state index in [-0.39, 0.29) is 28.9 Å². The van der Waals surface area contributed by atoms with Crippen LogP contribution in [0.2, 0.25) is 0 Å². The summed E-state index contributed by atoms with van der Waals surface area (Å²) >= 11 is 3.45. The van der Waals surface area contributed by atoms with Gasteiger partial charge in [0.1, 0.15) is 11.6 Å². The molecule has 0 saturated carbocycles. The lowest BCUT2D eigenvalue weighted by atomic mass is 9.88. The molecule has 0 bridgehead atoms. The predicted octanol–water partition coefficient (Wildman–Crippen LogP) is 5.34. The molecule has 2 saturated heterocycles. The normalized spacial score (nSPS) is 17.0. The van der Waals surface area contributed by atoms with E-state index in [0.717, 1.165) is 21.2 Å². The smallest absolute Gasteiger partial charge is 0.257 e. The maximum Gasteiger partial charge on any atom is 0.257 e. The predicted molar refractivity (Wildman–Crippen MR) is 146 cm³/mol. The molecule has 0 aliphatic carbocycles. The average molecular weight is 581 g/mol. The highest BCUT2D eigenvalue weighted by Crippen LogP contribution is 2.33. The Kier molecular flexibility index (Phi) is 7.54. The molecular weight excluding hydrogens is 551 g/mol. The van der Waals surface area contributed by atoms with Crippen LogP contribution in [0.5, 0.6) is 5.75 Å². The van der Waals surface area contributed by atoms with Crippen LogP contribution in [0.4, 0.5) is 4.39 Å². The molecule has 1 N–H and O–H groups in total. The second kappa shape index (κ2) is 10.9. The zero-order valence-corrected chi connectivity index (χ0v) is 22.8. The Bertz CT molecular complexity index is 1350. The molecule has 3 aromatic rings. The third-order valence-electron chi connectivity index (χ3n) is 7.50. The van der Waals surface area contributed by atoms with Gasteiger partial charge in [-0.1, -0.05) is 40.2 Å². The fourth-order valence-corrected chi connectivity index (χ4v) is 5.62. The fourth-order valence-electron chi connectivity index (χ4n) is 5.28. The molecule has 5 rings (SSSR count). The number of phenolic OH excluding ortho intramolecular Hbond substituents is 1. The van der Waals surface area contributed by atoms with Gasteiger partial charge in [-0.25, -0.2) is 4.39 Å². The summed E-state index contributed by atoms with van der Waals surface area (Å²) in [6.45, 7) is 4.22. The van der Waals surface area contributed by atoms with Crippen LogP contribution in [0, 0.1) is 12.7 Å². The van der Waals surface area contributed by atoms with Crippen molar-refractivity contribution in [3.05, 3.63) is 98.8 Å². The first kappa shape index (κ1) is 26.4. The number of aromatic hydroxyl groups is 1. The Morgan fingerprint density at radius 3 is 2.45 bits per heavy atom. The van der Waals surface area contributed by atoms with E-state index in [2.05, 4.69) is 15.9 Å². The van der Waals surface area contributed by atoms with Crippen LogP contribution in [-0.4, -0.2) is 65.1 Å². The standard InChI is InChI=1S/C30H30BrFN2O4/c1-20-15-27(35)25(18-26(20)31)29(37)34-13-14-38-30(19-34)9-11-33(12-10-30)28(36)23-4-2-3-22(17-23)16-21-5-7-24(32)8-6-21/h2-8,15,17-18,35H,9-14,16,19H2,1H3. The molecule has 1 spiro atoms. The minimum Gasteiger partial charge on any atom is -0.507 e. The molecule has 0 radical (unpaired) electrons. The molecule has 2 aliphatic heterocycles. The highest BCUT2D eigenvalue weighted by molar-refractivity contribution is 9.10. The fraction of sp³-hybridized carbons (Fsp3) is 0.333. The summed E-state index contributed by atoms with van der Waals surface area (Å²) in [6, 6.07) is 17.2. The Morgan fingerprint density at radius 1 is 0.974 bits per heavy atom. The number of ether oxygens (including phenoxy) is 1. The molecule has 38 heavy (non-hydrogen) atoms. The number of carbonyl (C=O) groups is 2. The van der Waals surface area contributed by atoms with Gasteiger partial charge in [0.2, 0.25) is 0 Å². The van der Waals surface area contributed by atoms with Crippen molar-refractivity contribution in [1.29, 1.82) is 0 Å². The minimum atomic E-state index is -0.507. The van der Waals surface area contributed by atoms with Crippen LogP contribution in [0.25, 0.3) is 0 Å². The van der Waals surface area contributed by atoms with E-state index < -0.39 is 5.60 Å². The first-order chi connectivity index (χ1) is 18.2. The molecule has 2 fully saturated rings. The van der Waals surface area contributed by atoms with Crippen LogP contribution in [0.3, 0.4) is 0 Å². The van der Waals surface area contributed by atoms with E-state index in [1.807, 2.05) is 36.1 Å². The Labute approximate surface area is 230 Å². The van der Waals surface area contributed by atoms with E-state index in [1.54, 1.807) is 29.2 Å². The van der Waals surface area contributed by atoms with Crippen molar-refractivity contribution < 1.29 is 23.8 Å². The maximum absolute atomic E-state index is 13.3. The van der Waals surface area contributed by atoms with Gasteiger partial charge in [0, 0.05) is 29.7 Å². The van der Waals surface area contributed by atoms with Gasteiger partial charge in [0.25, 0.3) is 11.8 Å². The topological polar surface area (TPSA) is 70.1 Å². The summed E-state index contributed by atoms with van der Waals surface area (Å²) in [5.41, 5.74) is 3.22. The number of halogens is 2. The SMILES string of the molecule is Cc1cc(O)c(C(=O)N2CCOC3(CCN(C(=O)c4cccc(Cc5ccc(F)cc5)c4)CC3)C2)cc1Br. The molecule has 3 aromatic carbocycles. The number of likely N-dealkylation sites (tertiary alicyclic amines) is 1. The van der Waals surface area contributed by atoms with Crippen LogP contribution in [-0.2, 0) is 11.2 Å². The van der Waals surface area contributed by atoms with Gasteiger partial charge in [-0.3, -0.25) is 9.59 Å². The van der Waals surface area contributed by atoms with Gasteiger partial charge >= 0.3 is 0 Å². The van der Waals surface area contributed by atoms with Gasteiger partial charge in [0.15, 0.2) is 0 Å². The molecule has 198 valence electrons. The van der Waals surface area contributed by atoms with E-state index in [4.69, 9.17) is 4.74 Å². The molecule has 0 atom stereocenters. The monoisotopic (exact) mass is 580 g/mol. The zero-order chi connectivity index (χ0) is 26.9. The first-order valence-electron chi connectivity index (χ1n) is 12.8. The first-order valence-corrected chi connectivity index (χ1v) is 13.6. The maximum atomic E-state index is 13.3. The molecule has 2 aliphatic rings. The second-order valence-electron chi connectivity index (χ2n) is 10.2. The van der Waals surface area contributed by atoms with Crippen molar-refractivity contribution in [2.24, 2.45) is 0 Å². The van der Waals surface area contributed by atoms with Crippen molar-refractivity contribution in [2.45, 2.75) is 31.8 Å². The molecule has 6 nitrogen and oxygen atoms in total. The molecular formula is C30H30BrFN2O4. The summed E-state index contributed by atoms with van der Waals surface area (Å²) < 4.78 is 20.2. The number of carbonyl (C=O) groups excluding carboxylic acids is 2. The van der Waals surface area contributed by atoms with Gasteiger partial charge in [0.05, 0.1) is 24.3 Å². The lowest BCUT2D eigenvalue weighted by molar-refractivity contribution is -0.123. The van der Waals surface area contributed by atoms with Crippen LogP contribution < -0.4 is 0 Å². The van der Waals surface area contributed by atoms with E-state index in [1.165, 1.54) is 12.1 Å². The lowest BCUT2D eigenvalue weighted by Crippen LogP contribution is -2.58. The van der Waals surface area contributed by atoms with Gasteiger partial charge in [-0.15, -0.1) is 0 Å². The number of piperidine rings is 1. The Balaban J connectivity index is 1.22. The second-order valence-corrected chi connectivity index (χ2v) is 11.0. The third-order valence-corrected chi connectivity index (χ3v) is 8.35. The van der Waals surface area contributed by atoms with Gasteiger partial charge < -0.3 is 19.6 Å². The Hall–Kier alpha value is -3.23. The van der Waals surface area contributed by atoms with Gasteiger partial charge in [-0.05, 0) is 79.3 Å². The Morgan fingerprint density at radius 2 is 1.71 bits per heavy atom. The number of rotatable bonds is 4. The van der Waals surface area contributed by atoms with Crippen molar-refractivity contribution in [3.63, 3.8) is 0 Å². The van der Waals surface area contributed by atoms with Crippen molar-refractivity contribution >= 4 is 27.7 Å². The number of phenols is 1. The van der Waals surface area contributed by atoms with Crippen LogP contribution >= 0.6 is 15.9 Å². The number of hydrogen-bond acceptors (Lipinski definition) is 4. The minimum absolute atomic E-state index is 0.0287. The number of amides is 2. The largest absolute Gasteiger partial charge is 0.507 e. The molecule has 8 heteroatoms. The summed E-state index contributed by atoms with van der Waals surface area (Å²) in [6.07, 6.45) is 1.87. The summed E-state index contributed by atoms with van der Waals surface area (Å²) in [4.78, 5) is 30.2. The summed E-state index contributed by atoms with van der Waals surface area (Å²) in [5.74, 6) is -0.545. The number of benzene rings is 3. The van der Waals surface area contributed by atoms with E-state index >= 15 is 0 Å². The lowest BCUT2D eigenvalue weighted by Gasteiger charge is -2.47. The third kappa shape index (κ3) is 5.61. The number of nitrogens with zero attached hydrogens (tertiary/aromatic N) is 2. The van der Waals surface area contributed by atoms with Crippen molar-refractivity contribution in [2.75, 3.05) is 32.8 Å². The van der Waals surface area contributed by atoms with E-state index in [0.29, 0.717) is 57.6 Å². The van der Waals surface area contributed by atoms with E-state index in [9.17, 15) is 19.1 Å².